The molecule has 1 fully saturated rings. The summed E-state index contributed by atoms with van der Waals surface area (Å²) in [6.07, 6.45) is 5.05. The molecule has 1 aliphatic carbocycles. The summed E-state index contributed by atoms with van der Waals surface area (Å²) in [5, 5.41) is 20.4. The minimum Gasteiger partial charge on any atom is -0.393 e. The third-order valence-electron chi connectivity index (χ3n) is 3.36. The van der Waals surface area contributed by atoms with E-state index in [1.807, 2.05) is 0 Å². The standard InChI is InChI=1S/C11H16N6O/c12-11-15-9(8-5-13-17-10(8)16-11)14-6-1-3-7(18)4-2-6/h5-7,18H,1-4H2,(H4,12,13,14,15,16,17). The van der Waals surface area contributed by atoms with Gasteiger partial charge in [0.1, 0.15) is 5.82 Å². The summed E-state index contributed by atoms with van der Waals surface area (Å²) in [6, 6.07) is 0.320. The largest absolute Gasteiger partial charge is 0.393 e. The summed E-state index contributed by atoms with van der Waals surface area (Å²) in [5.41, 5.74) is 6.30. The highest BCUT2D eigenvalue weighted by atomic mass is 16.3. The van der Waals surface area contributed by atoms with Crippen LogP contribution in [0.3, 0.4) is 0 Å². The van der Waals surface area contributed by atoms with Crippen molar-refractivity contribution in [3.63, 3.8) is 0 Å². The van der Waals surface area contributed by atoms with E-state index in [1.165, 1.54) is 0 Å². The van der Waals surface area contributed by atoms with E-state index in [9.17, 15) is 5.11 Å². The predicted octanol–water partition coefficient (Wildman–Crippen LogP) is 0.650. The summed E-state index contributed by atoms with van der Waals surface area (Å²) in [7, 11) is 0. The van der Waals surface area contributed by atoms with Crippen LogP contribution in [0, 0.1) is 0 Å². The van der Waals surface area contributed by atoms with Crippen LogP contribution in [0.2, 0.25) is 0 Å². The average molecular weight is 248 g/mol. The van der Waals surface area contributed by atoms with Gasteiger partial charge in [-0.3, -0.25) is 5.10 Å². The molecular weight excluding hydrogens is 232 g/mol. The first-order valence-corrected chi connectivity index (χ1v) is 6.13. The molecule has 0 saturated heterocycles. The number of nitrogens with two attached hydrogens (primary N) is 1. The van der Waals surface area contributed by atoms with Crippen molar-refractivity contribution in [3.8, 4) is 0 Å². The number of nitrogens with zero attached hydrogens (tertiary/aromatic N) is 3. The highest BCUT2D eigenvalue weighted by Crippen LogP contribution is 2.25. The first kappa shape index (κ1) is 11.2. The van der Waals surface area contributed by atoms with Crippen molar-refractivity contribution in [2.24, 2.45) is 0 Å². The van der Waals surface area contributed by atoms with Crippen molar-refractivity contribution < 1.29 is 5.11 Å². The minimum absolute atomic E-state index is 0.160. The van der Waals surface area contributed by atoms with Crippen LogP contribution in [0.15, 0.2) is 6.20 Å². The van der Waals surface area contributed by atoms with Gasteiger partial charge in [0.15, 0.2) is 5.65 Å². The molecule has 7 nitrogen and oxygen atoms in total. The number of nitrogen functional groups attached to an aromatic ring is 1. The topological polar surface area (TPSA) is 113 Å². The summed E-state index contributed by atoms with van der Waals surface area (Å²) >= 11 is 0. The van der Waals surface area contributed by atoms with Crippen molar-refractivity contribution in [2.75, 3.05) is 11.1 Å². The molecule has 0 atom stereocenters. The van der Waals surface area contributed by atoms with Crippen LogP contribution in [-0.2, 0) is 0 Å². The quantitative estimate of drug-likeness (QED) is 0.620. The Labute approximate surface area is 104 Å². The maximum absolute atomic E-state index is 9.49. The monoisotopic (exact) mass is 248 g/mol. The Morgan fingerprint density at radius 2 is 2.06 bits per heavy atom. The summed E-state index contributed by atoms with van der Waals surface area (Å²) in [6.45, 7) is 0. The zero-order chi connectivity index (χ0) is 12.5. The van der Waals surface area contributed by atoms with E-state index in [2.05, 4.69) is 25.5 Å². The molecule has 0 radical (unpaired) electrons. The van der Waals surface area contributed by atoms with E-state index in [0.29, 0.717) is 17.5 Å². The summed E-state index contributed by atoms with van der Waals surface area (Å²) < 4.78 is 0. The van der Waals surface area contributed by atoms with Gasteiger partial charge in [-0.2, -0.15) is 15.1 Å². The number of aliphatic hydroxyl groups excluding tert-OH is 1. The molecule has 2 heterocycles. The molecule has 7 heteroatoms. The van der Waals surface area contributed by atoms with E-state index in [4.69, 9.17) is 5.73 Å². The van der Waals surface area contributed by atoms with E-state index < -0.39 is 0 Å². The van der Waals surface area contributed by atoms with Gasteiger partial charge in [-0.1, -0.05) is 0 Å². The van der Waals surface area contributed by atoms with Crippen LogP contribution in [0.5, 0.6) is 0 Å². The van der Waals surface area contributed by atoms with Crippen LogP contribution in [-0.4, -0.2) is 37.4 Å². The molecular formula is C11H16N6O. The fourth-order valence-corrected chi connectivity index (χ4v) is 2.38. The van der Waals surface area contributed by atoms with Gasteiger partial charge in [0.2, 0.25) is 5.95 Å². The lowest BCUT2D eigenvalue weighted by Crippen LogP contribution is -2.28. The number of aliphatic hydroxyl groups is 1. The molecule has 2 aromatic heterocycles. The van der Waals surface area contributed by atoms with E-state index >= 15 is 0 Å². The van der Waals surface area contributed by atoms with Crippen molar-refractivity contribution in [2.45, 2.75) is 37.8 Å². The number of aromatic amines is 1. The lowest BCUT2D eigenvalue weighted by atomic mass is 9.93. The summed E-state index contributed by atoms with van der Waals surface area (Å²) in [5.74, 6) is 0.942. The van der Waals surface area contributed by atoms with Gasteiger partial charge in [0.25, 0.3) is 0 Å². The maximum atomic E-state index is 9.49. The van der Waals surface area contributed by atoms with Crippen molar-refractivity contribution in [1.29, 1.82) is 0 Å². The second-order valence-corrected chi connectivity index (χ2v) is 4.71. The Morgan fingerprint density at radius 1 is 1.28 bits per heavy atom. The fourth-order valence-electron chi connectivity index (χ4n) is 2.38. The Balaban J connectivity index is 1.83. The van der Waals surface area contributed by atoms with E-state index in [1.54, 1.807) is 6.20 Å². The van der Waals surface area contributed by atoms with Crippen molar-refractivity contribution in [1.82, 2.24) is 20.2 Å². The molecule has 0 aromatic carbocycles. The molecule has 5 N–H and O–H groups in total. The molecule has 1 aliphatic rings. The number of nitrogens with one attached hydrogen (secondary N) is 2. The second-order valence-electron chi connectivity index (χ2n) is 4.71. The molecule has 0 unspecified atom stereocenters. The second kappa shape index (κ2) is 4.41. The first-order chi connectivity index (χ1) is 8.72. The zero-order valence-electron chi connectivity index (χ0n) is 9.93. The predicted molar refractivity (Wildman–Crippen MR) is 68.0 cm³/mol. The van der Waals surface area contributed by atoms with Crippen LogP contribution in [0.4, 0.5) is 11.8 Å². The van der Waals surface area contributed by atoms with E-state index in [-0.39, 0.29) is 12.1 Å². The Bertz CT molecular complexity index is 545. The van der Waals surface area contributed by atoms with Gasteiger partial charge in [0.05, 0.1) is 17.7 Å². The lowest BCUT2D eigenvalue weighted by molar-refractivity contribution is 0.126. The van der Waals surface area contributed by atoms with Gasteiger partial charge in [0, 0.05) is 6.04 Å². The average Bonchev–Trinajstić information content (AvgIpc) is 2.80. The Morgan fingerprint density at radius 3 is 2.83 bits per heavy atom. The number of hydrogen-bond acceptors (Lipinski definition) is 6. The van der Waals surface area contributed by atoms with Crippen LogP contribution in [0.1, 0.15) is 25.7 Å². The molecule has 1 saturated carbocycles. The van der Waals surface area contributed by atoms with Crippen LogP contribution < -0.4 is 11.1 Å². The number of fused-ring (bicyclic) bond motifs is 1. The van der Waals surface area contributed by atoms with E-state index in [0.717, 1.165) is 31.1 Å². The molecule has 0 bridgehead atoms. The highest BCUT2D eigenvalue weighted by Gasteiger charge is 2.20. The Kier molecular flexibility index (Phi) is 2.75. The molecule has 0 spiro atoms. The van der Waals surface area contributed by atoms with Crippen LogP contribution >= 0.6 is 0 Å². The Hall–Kier alpha value is -1.89. The molecule has 3 rings (SSSR count). The van der Waals surface area contributed by atoms with Crippen molar-refractivity contribution in [3.05, 3.63) is 6.20 Å². The number of aromatic nitrogens is 4. The number of anilines is 2. The summed E-state index contributed by atoms with van der Waals surface area (Å²) in [4.78, 5) is 8.29. The lowest BCUT2D eigenvalue weighted by Gasteiger charge is -2.26. The SMILES string of the molecule is Nc1nc(NC2CCC(O)CC2)c2cn[nH]c2n1. The number of hydrogen-bond donors (Lipinski definition) is 4. The van der Waals surface area contributed by atoms with Gasteiger partial charge in [-0.05, 0) is 25.7 Å². The first-order valence-electron chi connectivity index (χ1n) is 6.13. The van der Waals surface area contributed by atoms with Gasteiger partial charge >= 0.3 is 0 Å². The normalized spacial score (nSPS) is 24.3. The zero-order valence-corrected chi connectivity index (χ0v) is 9.93. The smallest absolute Gasteiger partial charge is 0.224 e. The maximum Gasteiger partial charge on any atom is 0.224 e. The number of rotatable bonds is 2. The fraction of sp³-hybridized carbons (Fsp3) is 0.545. The van der Waals surface area contributed by atoms with Gasteiger partial charge in [-0.15, -0.1) is 0 Å². The number of H-pyrrole nitrogens is 1. The third-order valence-corrected chi connectivity index (χ3v) is 3.36. The van der Waals surface area contributed by atoms with Crippen molar-refractivity contribution >= 4 is 22.8 Å². The molecule has 96 valence electrons. The third kappa shape index (κ3) is 2.08. The molecule has 18 heavy (non-hydrogen) atoms. The minimum atomic E-state index is -0.160. The molecule has 0 amide bonds. The molecule has 2 aromatic rings. The van der Waals surface area contributed by atoms with Gasteiger partial charge in [-0.25, -0.2) is 0 Å². The van der Waals surface area contributed by atoms with Crippen LogP contribution in [0.25, 0.3) is 11.0 Å². The van der Waals surface area contributed by atoms with Gasteiger partial charge < -0.3 is 16.2 Å². The highest BCUT2D eigenvalue weighted by molar-refractivity contribution is 5.86. The molecule has 0 aliphatic heterocycles.